The Morgan fingerprint density at radius 3 is 2.68 bits per heavy atom. The van der Waals surface area contributed by atoms with Crippen molar-refractivity contribution in [2.24, 2.45) is 0 Å². The highest BCUT2D eigenvalue weighted by atomic mass is 16.4. The molecule has 0 atom stereocenters. The second-order valence-electron chi connectivity index (χ2n) is 6.53. The van der Waals surface area contributed by atoms with Gasteiger partial charge < -0.3 is 8.98 Å². The standard InChI is InChI=1S/C16H23N5O/c1-11-12(2)22-15(17-11)10-20-8-5-13(6-9-20)16-19-18-14-4-3-7-21(14)16/h13H,3-10H2,1-2H3. The van der Waals surface area contributed by atoms with Gasteiger partial charge in [-0.25, -0.2) is 4.98 Å². The lowest BCUT2D eigenvalue weighted by Crippen LogP contribution is -2.33. The van der Waals surface area contributed by atoms with Crippen molar-refractivity contribution in [2.45, 2.75) is 58.5 Å². The number of hydrogen-bond acceptors (Lipinski definition) is 5. The van der Waals surface area contributed by atoms with Crippen LogP contribution in [0.15, 0.2) is 4.42 Å². The Kier molecular flexibility index (Phi) is 3.48. The monoisotopic (exact) mass is 301 g/mol. The fourth-order valence-corrected chi connectivity index (χ4v) is 3.62. The van der Waals surface area contributed by atoms with Crippen LogP contribution in [0.4, 0.5) is 0 Å². The van der Waals surface area contributed by atoms with Gasteiger partial charge in [0, 0.05) is 18.9 Å². The number of hydrogen-bond donors (Lipinski definition) is 0. The molecule has 0 spiro atoms. The second-order valence-corrected chi connectivity index (χ2v) is 6.53. The summed E-state index contributed by atoms with van der Waals surface area (Å²) in [6.07, 6.45) is 4.61. The first-order chi connectivity index (χ1) is 10.7. The summed E-state index contributed by atoms with van der Waals surface area (Å²) in [4.78, 5) is 6.92. The molecule has 6 nitrogen and oxygen atoms in total. The van der Waals surface area contributed by atoms with Gasteiger partial charge in [-0.1, -0.05) is 0 Å². The van der Waals surface area contributed by atoms with E-state index in [0.717, 1.165) is 62.8 Å². The van der Waals surface area contributed by atoms with Crippen molar-refractivity contribution in [3.63, 3.8) is 0 Å². The number of aromatic nitrogens is 4. The van der Waals surface area contributed by atoms with Crippen LogP contribution in [-0.4, -0.2) is 37.7 Å². The molecule has 0 aromatic carbocycles. The number of rotatable bonds is 3. The molecule has 0 unspecified atom stereocenters. The van der Waals surface area contributed by atoms with Crippen LogP contribution in [0.3, 0.4) is 0 Å². The van der Waals surface area contributed by atoms with E-state index in [0.29, 0.717) is 5.92 Å². The van der Waals surface area contributed by atoms with Gasteiger partial charge in [0.2, 0.25) is 5.89 Å². The average Bonchev–Trinajstić information content (AvgIpc) is 3.17. The number of nitrogens with zero attached hydrogens (tertiary/aromatic N) is 5. The summed E-state index contributed by atoms with van der Waals surface area (Å²) in [5.74, 6) is 4.74. The molecule has 2 aromatic heterocycles. The van der Waals surface area contributed by atoms with Gasteiger partial charge in [-0.15, -0.1) is 10.2 Å². The number of fused-ring (bicyclic) bond motifs is 1. The van der Waals surface area contributed by atoms with Gasteiger partial charge in [0.1, 0.15) is 17.4 Å². The first-order valence-electron chi connectivity index (χ1n) is 8.28. The molecule has 4 rings (SSSR count). The zero-order chi connectivity index (χ0) is 15.1. The normalized spacial score (nSPS) is 19.7. The summed E-state index contributed by atoms with van der Waals surface area (Å²) in [6, 6.07) is 0. The predicted molar refractivity (Wildman–Crippen MR) is 81.6 cm³/mol. The first-order valence-corrected chi connectivity index (χ1v) is 8.28. The van der Waals surface area contributed by atoms with Crippen molar-refractivity contribution in [1.82, 2.24) is 24.6 Å². The van der Waals surface area contributed by atoms with Crippen molar-refractivity contribution >= 4 is 0 Å². The second kappa shape index (κ2) is 5.50. The third-order valence-electron chi connectivity index (χ3n) is 5.02. The highest BCUT2D eigenvalue weighted by Crippen LogP contribution is 2.29. The van der Waals surface area contributed by atoms with Crippen LogP contribution in [-0.2, 0) is 19.5 Å². The van der Waals surface area contributed by atoms with E-state index < -0.39 is 0 Å². The molecule has 0 radical (unpaired) electrons. The molecule has 0 aliphatic carbocycles. The summed E-state index contributed by atoms with van der Waals surface area (Å²) >= 11 is 0. The summed E-state index contributed by atoms with van der Waals surface area (Å²) in [6.45, 7) is 8.05. The van der Waals surface area contributed by atoms with Gasteiger partial charge >= 0.3 is 0 Å². The minimum absolute atomic E-state index is 0.559. The maximum Gasteiger partial charge on any atom is 0.208 e. The van der Waals surface area contributed by atoms with E-state index in [1.165, 1.54) is 18.1 Å². The zero-order valence-electron chi connectivity index (χ0n) is 13.4. The van der Waals surface area contributed by atoms with Gasteiger partial charge in [-0.3, -0.25) is 4.90 Å². The molecule has 1 saturated heterocycles. The molecular weight excluding hydrogens is 278 g/mol. The number of oxazole rings is 1. The molecule has 4 heterocycles. The summed E-state index contributed by atoms with van der Waals surface area (Å²) in [5.41, 5.74) is 1.00. The number of likely N-dealkylation sites (tertiary alicyclic amines) is 1. The van der Waals surface area contributed by atoms with Crippen molar-refractivity contribution in [3.8, 4) is 0 Å². The van der Waals surface area contributed by atoms with Gasteiger partial charge in [0.15, 0.2) is 0 Å². The van der Waals surface area contributed by atoms with Crippen molar-refractivity contribution in [1.29, 1.82) is 0 Å². The molecule has 0 N–H and O–H groups in total. The highest BCUT2D eigenvalue weighted by Gasteiger charge is 2.28. The Balaban J connectivity index is 1.38. The lowest BCUT2D eigenvalue weighted by atomic mass is 9.96. The van der Waals surface area contributed by atoms with Crippen molar-refractivity contribution in [2.75, 3.05) is 13.1 Å². The molecule has 2 aliphatic heterocycles. The molecule has 6 heteroatoms. The van der Waals surface area contributed by atoms with Crippen LogP contribution < -0.4 is 0 Å². The molecule has 0 saturated carbocycles. The van der Waals surface area contributed by atoms with Gasteiger partial charge in [-0.2, -0.15) is 0 Å². The minimum atomic E-state index is 0.559. The van der Waals surface area contributed by atoms with Crippen molar-refractivity contribution in [3.05, 3.63) is 29.0 Å². The summed E-state index contributed by atoms with van der Waals surface area (Å²) < 4.78 is 8.05. The minimum Gasteiger partial charge on any atom is -0.444 e. The zero-order valence-corrected chi connectivity index (χ0v) is 13.4. The number of aryl methyl sites for hydroxylation is 3. The lowest BCUT2D eigenvalue weighted by molar-refractivity contribution is 0.183. The largest absolute Gasteiger partial charge is 0.444 e. The molecule has 1 fully saturated rings. The molecule has 0 amide bonds. The third kappa shape index (κ3) is 2.45. The van der Waals surface area contributed by atoms with Crippen LogP contribution in [0.2, 0.25) is 0 Å². The molecule has 118 valence electrons. The van der Waals surface area contributed by atoms with E-state index in [1.807, 2.05) is 13.8 Å². The number of piperidine rings is 1. The molecule has 2 aliphatic rings. The summed E-state index contributed by atoms with van der Waals surface area (Å²) in [5, 5.41) is 8.79. The average molecular weight is 301 g/mol. The van der Waals surface area contributed by atoms with Crippen LogP contribution in [0.25, 0.3) is 0 Å². The maximum absolute atomic E-state index is 5.70. The van der Waals surface area contributed by atoms with Gasteiger partial charge in [-0.05, 0) is 46.2 Å². The van der Waals surface area contributed by atoms with Crippen LogP contribution >= 0.6 is 0 Å². The Bertz CT molecular complexity index is 647. The predicted octanol–water partition coefficient (Wildman–Crippen LogP) is 2.21. The SMILES string of the molecule is Cc1nc(CN2CCC(c3nnc4n3CCC4)CC2)oc1C. The Labute approximate surface area is 130 Å². The molecule has 22 heavy (non-hydrogen) atoms. The summed E-state index contributed by atoms with van der Waals surface area (Å²) in [7, 11) is 0. The molecule has 0 bridgehead atoms. The van der Waals surface area contributed by atoms with Gasteiger partial charge in [0.05, 0.1) is 12.2 Å². The lowest BCUT2D eigenvalue weighted by Gasteiger charge is -2.30. The molecule has 2 aromatic rings. The quantitative estimate of drug-likeness (QED) is 0.870. The van der Waals surface area contributed by atoms with E-state index in [-0.39, 0.29) is 0 Å². The third-order valence-corrected chi connectivity index (χ3v) is 5.02. The van der Waals surface area contributed by atoms with E-state index in [4.69, 9.17) is 4.42 Å². The molecular formula is C16H23N5O. The highest BCUT2D eigenvalue weighted by molar-refractivity contribution is 5.08. The van der Waals surface area contributed by atoms with E-state index in [2.05, 4.69) is 24.6 Å². The Hall–Kier alpha value is -1.69. The Morgan fingerprint density at radius 2 is 1.95 bits per heavy atom. The van der Waals surface area contributed by atoms with Crippen molar-refractivity contribution < 1.29 is 4.42 Å². The van der Waals surface area contributed by atoms with Crippen LogP contribution in [0.1, 0.15) is 54.2 Å². The van der Waals surface area contributed by atoms with E-state index in [1.54, 1.807) is 0 Å². The van der Waals surface area contributed by atoms with Crippen LogP contribution in [0, 0.1) is 13.8 Å². The topological polar surface area (TPSA) is 60.0 Å². The smallest absolute Gasteiger partial charge is 0.208 e. The van der Waals surface area contributed by atoms with Crippen LogP contribution in [0.5, 0.6) is 0 Å². The maximum atomic E-state index is 5.70. The Morgan fingerprint density at radius 1 is 1.14 bits per heavy atom. The fraction of sp³-hybridized carbons (Fsp3) is 0.688. The van der Waals surface area contributed by atoms with E-state index in [9.17, 15) is 0 Å². The van der Waals surface area contributed by atoms with E-state index >= 15 is 0 Å². The first kappa shape index (κ1) is 13.9. The van der Waals surface area contributed by atoms with Gasteiger partial charge in [0.25, 0.3) is 0 Å². The fourth-order valence-electron chi connectivity index (χ4n) is 3.62.